The summed E-state index contributed by atoms with van der Waals surface area (Å²) in [5.41, 5.74) is 5.40. The van der Waals surface area contributed by atoms with E-state index < -0.39 is 23.7 Å². The summed E-state index contributed by atoms with van der Waals surface area (Å²) in [4.78, 5) is 25.0. The number of carbonyl (C=O) groups excluding carboxylic acids is 2. The van der Waals surface area contributed by atoms with E-state index in [0.29, 0.717) is 11.1 Å². The quantitative estimate of drug-likeness (QED) is 0.876. The number of amides is 2. The number of morpholine rings is 1. The molecule has 5 nitrogen and oxygen atoms in total. The van der Waals surface area contributed by atoms with Crippen molar-refractivity contribution < 1.29 is 18.7 Å². The molecule has 0 saturated carbocycles. The van der Waals surface area contributed by atoms with E-state index >= 15 is 0 Å². The van der Waals surface area contributed by atoms with E-state index in [0.717, 1.165) is 6.07 Å². The number of nitrogens with two attached hydrogens (primary N) is 1. The molecule has 19 heavy (non-hydrogen) atoms. The highest BCUT2D eigenvalue weighted by molar-refractivity contribution is 9.10. The van der Waals surface area contributed by atoms with Gasteiger partial charge in [-0.05, 0) is 34.1 Å². The van der Waals surface area contributed by atoms with Crippen LogP contribution >= 0.6 is 15.9 Å². The number of primary amides is 1. The van der Waals surface area contributed by atoms with Gasteiger partial charge in [0, 0.05) is 11.0 Å². The Morgan fingerprint density at radius 1 is 1.47 bits per heavy atom. The summed E-state index contributed by atoms with van der Waals surface area (Å²) in [7, 11) is 0. The van der Waals surface area contributed by atoms with E-state index in [1.807, 2.05) is 0 Å². The fourth-order valence-electron chi connectivity index (χ4n) is 1.90. The van der Waals surface area contributed by atoms with Crippen LogP contribution in [0.5, 0.6) is 0 Å². The van der Waals surface area contributed by atoms with Gasteiger partial charge >= 0.3 is 0 Å². The Morgan fingerprint density at radius 2 is 2.21 bits per heavy atom. The van der Waals surface area contributed by atoms with Crippen molar-refractivity contribution in [2.24, 2.45) is 5.73 Å². The minimum Gasteiger partial charge on any atom is -0.377 e. The van der Waals surface area contributed by atoms with Crippen LogP contribution in [0, 0.1) is 5.82 Å². The number of benzene rings is 1. The molecule has 1 aromatic carbocycles. The second kappa shape index (κ2) is 5.66. The molecule has 2 rings (SSSR count). The van der Waals surface area contributed by atoms with Crippen LogP contribution in [0.4, 0.5) is 4.39 Å². The van der Waals surface area contributed by atoms with Gasteiger partial charge in [0.1, 0.15) is 11.9 Å². The van der Waals surface area contributed by atoms with Crippen LogP contribution < -0.4 is 5.73 Å². The van der Waals surface area contributed by atoms with E-state index in [1.165, 1.54) is 17.0 Å². The SMILES string of the molecule is NC(=O)C1COCCN1C(=O)c1cc(F)ccc1Br. The number of hydrogen-bond acceptors (Lipinski definition) is 3. The lowest BCUT2D eigenvalue weighted by Gasteiger charge is -2.33. The Morgan fingerprint density at radius 3 is 2.89 bits per heavy atom. The summed E-state index contributed by atoms with van der Waals surface area (Å²) in [6.07, 6.45) is 0. The van der Waals surface area contributed by atoms with Gasteiger partial charge in [0.25, 0.3) is 5.91 Å². The fraction of sp³-hybridized carbons (Fsp3) is 0.333. The van der Waals surface area contributed by atoms with Gasteiger partial charge in [-0.25, -0.2) is 4.39 Å². The van der Waals surface area contributed by atoms with Crippen molar-refractivity contribution in [1.82, 2.24) is 4.90 Å². The highest BCUT2D eigenvalue weighted by Crippen LogP contribution is 2.21. The zero-order chi connectivity index (χ0) is 14.0. The van der Waals surface area contributed by atoms with Crippen molar-refractivity contribution in [1.29, 1.82) is 0 Å². The lowest BCUT2D eigenvalue weighted by molar-refractivity contribution is -0.127. The minimum atomic E-state index is -0.823. The molecule has 0 spiro atoms. The van der Waals surface area contributed by atoms with Crippen LogP contribution in [0.2, 0.25) is 0 Å². The number of ether oxygens (including phenoxy) is 1. The summed E-state index contributed by atoms with van der Waals surface area (Å²) < 4.78 is 18.8. The zero-order valence-corrected chi connectivity index (χ0v) is 11.5. The van der Waals surface area contributed by atoms with Crippen molar-refractivity contribution in [3.8, 4) is 0 Å². The number of carbonyl (C=O) groups is 2. The van der Waals surface area contributed by atoms with E-state index in [1.54, 1.807) is 0 Å². The maximum atomic E-state index is 13.2. The van der Waals surface area contributed by atoms with Gasteiger partial charge < -0.3 is 15.4 Å². The van der Waals surface area contributed by atoms with Gasteiger partial charge in [-0.3, -0.25) is 9.59 Å². The Hall–Kier alpha value is -1.47. The smallest absolute Gasteiger partial charge is 0.255 e. The number of halogens is 2. The third-order valence-electron chi connectivity index (χ3n) is 2.88. The molecule has 0 aliphatic carbocycles. The fourth-order valence-corrected chi connectivity index (χ4v) is 2.31. The Balaban J connectivity index is 2.31. The monoisotopic (exact) mass is 330 g/mol. The highest BCUT2D eigenvalue weighted by Gasteiger charge is 2.32. The molecule has 1 aromatic rings. The normalized spacial score (nSPS) is 19.3. The molecular formula is C12H12BrFN2O3. The van der Waals surface area contributed by atoms with Gasteiger partial charge in [0.15, 0.2) is 0 Å². The number of nitrogens with zero attached hydrogens (tertiary/aromatic N) is 1. The van der Waals surface area contributed by atoms with Crippen LogP contribution in [0.15, 0.2) is 22.7 Å². The predicted molar refractivity (Wildman–Crippen MR) is 68.9 cm³/mol. The second-order valence-corrected chi connectivity index (χ2v) is 4.97. The van der Waals surface area contributed by atoms with E-state index in [-0.39, 0.29) is 18.7 Å². The summed E-state index contributed by atoms with van der Waals surface area (Å²) in [5, 5.41) is 0. The van der Waals surface area contributed by atoms with Crippen molar-refractivity contribution in [2.45, 2.75) is 6.04 Å². The maximum absolute atomic E-state index is 13.2. The average Bonchev–Trinajstić information content (AvgIpc) is 2.40. The van der Waals surface area contributed by atoms with Crippen LogP contribution in [0.3, 0.4) is 0 Å². The van der Waals surface area contributed by atoms with Crippen molar-refractivity contribution >= 4 is 27.7 Å². The van der Waals surface area contributed by atoms with E-state index in [2.05, 4.69) is 15.9 Å². The summed E-state index contributed by atoms with van der Waals surface area (Å²) in [6, 6.07) is 2.99. The first-order valence-corrected chi connectivity index (χ1v) is 6.43. The van der Waals surface area contributed by atoms with E-state index in [9.17, 15) is 14.0 Å². The van der Waals surface area contributed by atoms with Crippen molar-refractivity contribution in [3.63, 3.8) is 0 Å². The molecule has 0 bridgehead atoms. The van der Waals surface area contributed by atoms with Gasteiger partial charge in [-0.2, -0.15) is 0 Å². The second-order valence-electron chi connectivity index (χ2n) is 4.12. The molecule has 2 amide bonds. The summed E-state index contributed by atoms with van der Waals surface area (Å²) >= 11 is 3.19. The van der Waals surface area contributed by atoms with Gasteiger partial charge in [0.05, 0.1) is 18.8 Å². The standard InChI is InChI=1S/C12H12BrFN2O3/c13-9-2-1-7(14)5-8(9)12(18)16-3-4-19-6-10(16)11(15)17/h1-2,5,10H,3-4,6H2,(H2,15,17). The van der Waals surface area contributed by atoms with Crippen molar-refractivity contribution in [3.05, 3.63) is 34.1 Å². The molecule has 1 fully saturated rings. The first-order chi connectivity index (χ1) is 9.00. The van der Waals surface area contributed by atoms with Crippen LogP contribution in [0.1, 0.15) is 10.4 Å². The van der Waals surface area contributed by atoms with Crippen LogP contribution in [-0.2, 0) is 9.53 Å². The number of rotatable bonds is 2. The molecule has 1 unspecified atom stereocenters. The highest BCUT2D eigenvalue weighted by atomic mass is 79.9. The molecule has 1 aliphatic heterocycles. The first-order valence-electron chi connectivity index (χ1n) is 5.64. The largest absolute Gasteiger partial charge is 0.377 e. The average molecular weight is 331 g/mol. The Kier molecular flexibility index (Phi) is 4.16. The molecule has 102 valence electrons. The lowest BCUT2D eigenvalue weighted by Crippen LogP contribution is -2.54. The molecular weight excluding hydrogens is 319 g/mol. The zero-order valence-electron chi connectivity index (χ0n) is 9.94. The predicted octanol–water partition coefficient (Wildman–Crippen LogP) is 0.915. The molecule has 1 heterocycles. The summed E-state index contributed by atoms with van der Waals surface area (Å²) in [6.45, 7) is 0.631. The maximum Gasteiger partial charge on any atom is 0.255 e. The Labute approximate surface area is 117 Å². The van der Waals surface area contributed by atoms with Gasteiger partial charge in [-0.1, -0.05) is 0 Å². The minimum absolute atomic E-state index is 0.0635. The molecule has 1 atom stereocenters. The van der Waals surface area contributed by atoms with E-state index in [4.69, 9.17) is 10.5 Å². The molecule has 1 saturated heterocycles. The van der Waals surface area contributed by atoms with Crippen molar-refractivity contribution in [2.75, 3.05) is 19.8 Å². The third-order valence-corrected chi connectivity index (χ3v) is 3.57. The molecule has 0 aromatic heterocycles. The lowest BCUT2D eigenvalue weighted by atomic mass is 10.1. The Bertz CT molecular complexity index is 524. The topological polar surface area (TPSA) is 72.6 Å². The van der Waals surface area contributed by atoms with Crippen LogP contribution in [0.25, 0.3) is 0 Å². The molecule has 1 aliphatic rings. The third kappa shape index (κ3) is 2.93. The van der Waals surface area contributed by atoms with Gasteiger partial charge in [-0.15, -0.1) is 0 Å². The molecule has 0 radical (unpaired) electrons. The first kappa shape index (κ1) is 14.0. The summed E-state index contributed by atoms with van der Waals surface area (Å²) in [5.74, 6) is -1.60. The number of hydrogen-bond donors (Lipinski definition) is 1. The van der Waals surface area contributed by atoms with Crippen LogP contribution in [-0.4, -0.2) is 42.5 Å². The molecule has 2 N–H and O–H groups in total. The van der Waals surface area contributed by atoms with Gasteiger partial charge in [0.2, 0.25) is 5.91 Å². The molecule has 7 heteroatoms.